The molecule has 0 aliphatic heterocycles. The highest BCUT2D eigenvalue weighted by Gasteiger charge is 2.17. The van der Waals surface area contributed by atoms with Crippen LogP contribution in [0, 0.1) is 5.92 Å². The molecule has 2 rings (SSSR count). The normalized spacial score (nSPS) is 17.8. The summed E-state index contributed by atoms with van der Waals surface area (Å²) in [7, 11) is 0. The lowest BCUT2D eigenvalue weighted by Gasteiger charge is -2.24. The molecule has 1 aromatic heterocycles. The van der Waals surface area contributed by atoms with Crippen LogP contribution in [0.25, 0.3) is 0 Å². The number of rotatable bonds is 3. The van der Waals surface area contributed by atoms with Gasteiger partial charge in [-0.25, -0.2) is 0 Å². The third kappa shape index (κ3) is 1.53. The predicted molar refractivity (Wildman–Crippen MR) is 41.4 cm³/mol. The first-order chi connectivity index (χ1) is 5.45. The van der Waals surface area contributed by atoms with Crippen molar-refractivity contribution in [3.8, 4) is 5.75 Å². The molecule has 1 heterocycles. The van der Waals surface area contributed by atoms with Crippen LogP contribution >= 0.6 is 0 Å². The Morgan fingerprint density at radius 3 is 3.09 bits per heavy atom. The van der Waals surface area contributed by atoms with Gasteiger partial charge in [0.2, 0.25) is 0 Å². The van der Waals surface area contributed by atoms with Gasteiger partial charge in [-0.2, -0.15) is 5.10 Å². The lowest BCUT2D eigenvalue weighted by atomic mass is 9.86. The Bertz CT molecular complexity index is 204. The molecule has 1 saturated carbocycles. The van der Waals surface area contributed by atoms with Crippen molar-refractivity contribution in [2.75, 3.05) is 6.61 Å². The second-order valence-corrected chi connectivity index (χ2v) is 3.04. The highest BCUT2D eigenvalue weighted by molar-refractivity contribution is 5.10. The van der Waals surface area contributed by atoms with Crippen LogP contribution < -0.4 is 4.74 Å². The predicted octanol–water partition coefficient (Wildman–Crippen LogP) is 1.59. The van der Waals surface area contributed by atoms with Crippen molar-refractivity contribution in [3.05, 3.63) is 12.4 Å². The third-order valence-corrected chi connectivity index (χ3v) is 2.18. The first-order valence-corrected chi connectivity index (χ1v) is 4.07. The largest absolute Gasteiger partial charge is 0.490 e. The quantitative estimate of drug-likeness (QED) is 0.714. The van der Waals surface area contributed by atoms with E-state index >= 15 is 0 Å². The van der Waals surface area contributed by atoms with Crippen molar-refractivity contribution in [3.63, 3.8) is 0 Å². The second kappa shape index (κ2) is 2.95. The fourth-order valence-corrected chi connectivity index (χ4v) is 1.19. The van der Waals surface area contributed by atoms with E-state index in [0.29, 0.717) is 0 Å². The number of aromatic amines is 1. The van der Waals surface area contributed by atoms with Gasteiger partial charge in [-0.15, -0.1) is 0 Å². The molecule has 1 aromatic rings. The smallest absolute Gasteiger partial charge is 0.156 e. The highest BCUT2D eigenvalue weighted by atomic mass is 16.5. The van der Waals surface area contributed by atoms with E-state index in [9.17, 15) is 0 Å². The topological polar surface area (TPSA) is 37.9 Å². The van der Waals surface area contributed by atoms with Gasteiger partial charge in [0.25, 0.3) is 0 Å². The Labute approximate surface area is 65.8 Å². The van der Waals surface area contributed by atoms with E-state index in [1.807, 2.05) is 0 Å². The number of nitrogens with one attached hydrogen (secondary N) is 1. The fraction of sp³-hybridized carbons (Fsp3) is 0.625. The summed E-state index contributed by atoms with van der Waals surface area (Å²) in [6.45, 7) is 0.861. The van der Waals surface area contributed by atoms with E-state index in [0.717, 1.165) is 18.3 Å². The van der Waals surface area contributed by atoms with Gasteiger partial charge in [-0.1, -0.05) is 6.42 Å². The molecule has 0 unspecified atom stereocenters. The third-order valence-electron chi connectivity index (χ3n) is 2.18. The Morgan fingerprint density at radius 1 is 1.64 bits per heavy atom. The summed E-state index contributed by atoms with van der Waals surface area (Å²) in [5.74, 6) is 1.65. The van der Waals surface area contributed by atoms with E-state index in [2.05, 4.69) is 10.2 Å². The van der Waals surface area contributed by atoms with Gasteiger partial charge < -0.3 is 4.74 Å². The molecule has 0 saturated heterocycles. The second-order valence-electron chi connectivity index (χ2n) is 3.04. The fourth-order valence-electron chi connectivity index (χ4n) is 1.19. The van der Waals surface area contributed by atoms with Crippen LogP contribution in [-0.4, -0.2) is 16.8 Å². The maximum Gasteiger partial charge on any atom is 0.156 e. The lowest BCUT2D eigenvalue weighted by molar-refractivity contribution is 0.180. The number of hydrogen-bond acceptors (Lipinski definition) is 2. The summed E-state index contributed by atoms with van der Waals surface area (Å²) in [6, 6.07) is 0. The number of nitrogens with zero attached hydrogens (tertiary/aromatic N) is 1. The van der Waals surface area contributed by atoms with Gasteiger partial charge in [-0.05, 0) is 18.8 Å². The van der Waals surface area contributed by atoms with Crippen LogP contribution in [0.5, 0.6) is 5.75 Å². The van der Waals surface area contributed by atoms with Crippen LogP contribution in [0.1, 0.15) is 19.3 Å². The van der Waals surface area contributed by atoms with Gasteiger partial charge in [0.15, 0.2) is 5.75 Å². The molecule has 0 bridgehead atoms. The molecule has 3 heteroatoms. The molecule has 1 aliphatic rings. The molecule has 0 radical (unpaired) electrons. The Kier molecular flexibility index (Phi) is 1.79. The zero-order valence-electron chi connectivity index (χ0n) is 6.42. The molecule has 0 atom stereocenters. The minimum atomic E-state index is 0.796. The summed E-state index contributed by atoms with van der Waals surface area (Å²) < 4.78 is 5.46. The monoisotopic (exact) mass is 152 g/mol. The molecule has 0 spiro atoms. The zero-order valence-corrected chi connectivity index (χ0v) is 6.42. The van der Waals surface area contributed by atoms with Crippen molar-refractivity contribution in [1.82, 2.24) is 10.2 Å². The van der Waals surface area contributed by atoms with Crippen molar-refractivity contribution < 1.29 is 4.74 Å². The number of ether oxygens (including phenoxy) is 1. The summed E-state index contributed by atoms with van der Waals surface area (Å²) >= 11 is 0. The first kappa shape index (κ1) is 6.70. The van der Waals surface area contributed by atoms with Crippen LogP contribution in [0.2, 0.25) is 0 Å². The van der Waals surface area contributed by atoms with Gasteiger partial charge >= 0.3 is 0 Å². The van der Waals surface area contributed by atoms with E-state index in [4.69, 9.17) is 4.74 Å². The van der Waals surface area contributed by atoms with Crippen LogP contribution in [-0.2, 0) is 0 Å². The average molecular weight is 152 g/mol. The van der Waals surface area contributed by atoms with Gasteiger partial charge in [0.05, 0.1) is 19.0 Å². The van der Waals surface area contributed by atoms with Crippen LogP contribution in [0.3, 0.4) is 0 Å². The molecule has 1 aliphatic carbocycles. The number of H-pyrrole nitrogens is 1. The van der Waals surface area contributed by atoms with Crippen molar-refractivity contribution >= 4 is 0 Å². The van der Waals surface area contributed by atoms with E-state index < -0.39 is 0 Å². The van der Waals surface area contributed by atoms with E-state index in [1.165, 1.54) is 19.3 Å². The molecule has 1 fully saturated rings. The SMILES string of the molecule is c1n[nH]cc1OCC1CCC1. The Balaban J connectivity index is 1.74. The van der Waals surface area contributed by atoms with Crippen molar-refractivity contribution in [2.24, 2.45) is 5.92 Å². The molecular formula is C8H12N2O. The zero-order chi connectivity index (χ0) is 7.52. The average Bonchev–Trinajstić information content (AvgIpc) is 2.36. The van der Waals surface area contributed by atoms with E-state index in [1.54, 1.807) is 12.4 Å². The number of aromatic nitrogens is 2. The minimum absolute atomic E-state index is 0.796. The minimum Gasteiger partial charge on any atom is -0.490 e. The van der Waals surface area contributed by atoms with Gasteiger partial charge in [0.1, 0.15) is 0 Å². The molecule has 11 heavy (non-hydrogen) atoms. The maximum absolute atomic E-state index is 5.46. The van der Waals surface area contributed by atoms with Gasteiger partial charge in [0, 0.05) is 0 Å². The molecule has 0 amide bonds. The standard InChI is InChI=1S/C8H12N2O/c1-2-7(3-1)6-11-8-4-9-10-5-8/h4-5,7H,1-3,6H2,(H,9,10). The summed E-state index contributed by atoms with van der Waals surface area (Å²) in [4.78, 5) is 0. The maximum atomic E-state index is 5.46. The van der Waals surface area contributed by atoms with Gasteiger partial charge in [-0.3, -0.25) is 5.10 Å². The Morgan fingerprint density at radius 2 is 2.55 bits per heavy atom. The molecule has 60 valence electrons. The molecule has 1 N–H and O–H groups in total. The number of hydrogen-bond donors (Lipinski definition) is 1. The van der Waals surface area contributed by atoms with Crippen molar-refractivity contribution in [1.29, 1.82) is 0 Å². The summed E-state index contributed by atoms with van der Waals surface area (Å²) in [5.41, 5.74) is 0. The lowest BCUT2D eigenvalue weighted by Crippen LogP contribution is -2.19. The first-order valence-electron chi connectivity index (χ1n) is 4.07. The summed E-state index contributed by atoms with van der Waals surface area (Å²) in [6.07, 6.45) is 7.52. The highest BCUT2D eigenvalue weighted by Crippen LogP contribution is 2.26. The van der Waals surface area contributed by atoms with Crippen LogP contribution in [0.15, 0.2) is 12.4 Å². The van der Waals surface area contributed by atoms with Crippen molar-refractivity contribution in [2.45, 2.75) is 19.3 Å². The molecular weight excluding hydrogens is 140 g/mol. The molecule has 3 nitrogen and oxygen atoms in total. The summed E-state index contributed by atoms with van der Waals surface area (Å²) in [5, 5.41) is 6.51. The Hall–Kier alpha value is -0.990. The van der Waals surface area contributed by atoms with Crippen LogP contribution in [0.4, 0.5) is 0 Å². The van der Waals surface area contributed by atoms with E-state index in [-0.39, 0.29) is 0 Å². The molecule has 0 aromatic carbocycles.